The van der Waals surface area contributed by atoms with Crippen LogP contribution in [0.4, 0.5) is 0 Å². The molecule has 4 nitrogen and oxygen atoms in total. The monoisotopic (exact) mass is 262 g/mol. The molecule has 1 atom stereocenters. The summed E-state index contributed by atoms with van der Waals surface area (Å²) in [6, 6.07) is 4.13. The lowest BCUT2D eigenvalue weighted by Gasteiger charge is -2.28. The SMILES string of the molecule is O=C(NCC(c1ccco1)N1CCCC1)C1CCC1. The number of rotatable bonds is 5. The van der Waals surface area contributed by atoms with Gasteiger partial charge in [-0.2, -0.15) is 0 Å². The number of furan rings is 1. The standard InChI is InChI=1S/C15H22N2O2/c18-15(12-5-3-6-12)16-11-13(14-7-4-10-19-14)17-8-1-2-9-17/h4,7,10,12-13H,1-3,5-6,8-9,11H2,(H,16,18). The van der Waals surface area contributed by atoms with Crippen LogP contribution < -0.4 is 5.32 Å². The van der Waals surface area contributed by atoms with E-state index < -0.39 is 0 Å². The lowest BCUT2D eigenvalue weighted by atomic mass is 9.85. The van der Waals surface area contributed by atoms with Gasteiger partial charge < -0.3 is 9.73 Å². The first-order chi connectivity index (χ1) is 9.34. The van der Waals surface area contributed by atoms with E-state index in [1.165, 1.54) is 19.3 Å². The average Bonchev–Trinajstić information content (AvgIpc) is 2.98. The van der Waals surface area contributed by atoms with Crippen LogP contribution in [0.15, 0.2) is 22.8 Å². The Morgan fingerprint density at radius 1 is 1.37 bits per heavy atom. The van der Waals surface area contributed by atoms with E-state index in [0.717, 1.165) is 31.7 Å². The van der Waals surface area contributed by atoms with Crippen LogP contribution in [0, 0.1) is 5.92 Å². The van der Waals surface area contributed by atoms with Crippen LogP contribution >= 0.6 is 0 Å². The molecule has 0 bridgehead atoms. The third-order valence-electron chi connectivity index (χ3n) is 4.40. The van der Waals surface area contributed by atoms with Crippen LogP contribution in [0.2, 0.25) is 0 Å². The van der Waals surface area contributed by atoms with Gasteiger partial charge in [0.05, 0.1) is 12.3 Å². The second-order valence-electron chi connectivity index (χ2n) is 5.65. The lowest BCUT2D eigenvalue weighted by molar-refractivity contribution is -0.127. The van der Waals surface area contributed by atoms with Crippen LogP contribution in [0.25, 0.3) is 0 Å². The number of nitrogens with zero attached hydrogens (tertiary/aromatic N) is 1. The summed E-state index contributed by atoms with van der Waals surface area (Å²) in [7, 11) is 0. The first-order valence-electron chi connectivity index (χ1n) is 7.40. The molecule has 0 radical (unpaired) electrons. The van der Waals surface area contributed by atoms with Gasteiger partial charge in [0, 0.05) is 12.5 Å². The van der Waals surface area contributed by atoms with Gasteiger partial charge in [-0.1, -0.05) is 6.42 Å². The topological polar surface area (TPSA) is 45.5 Å². The van der Waals surface area contributed by atoms with E-state index in [-0.39, 0.29) is 17.9 Å². The largest absolute Gasteiger partial charge is 0.468 e. The molecule has 4 heteroatoms. The van der Waals surface area contributed by atoms with Crippen LogP contribution in [0.3, 0.4) is 0 Å². The van der Waals surface area contributed by atoms with E-state index in [2.05, 4.69) is 10.2 Å². The van der Waals surface area contributed by atoms with E-state index in [1.807, 2.05) is 12.1 Å². The third kappa shape index (κ3) is 2.84. The maximum Gasteiger partial charge on any atom is 0.223 e. The van der Waals surface area contributed by atoms with Gasteiger partial charge in [0.2, 0.25) is 5.91 Å². The van der Waals surface area contributed by atoms with Crippen molar-refractivity contribution in [1.29, 1.82) is 0 Å². The molecule has 2 aliphatic rings. The van der Waals surface area contributed by atoms with Crippen molar-refractivity contribution in [3.05, 3.63) is 24.2 Å². The van der Waals surface area contributed by atoms with Crippen molar-refractivity contribution in [3.8, 4) is 0 Å². The number of amides is 1. The molecule has 0 aromatic carbocycles. The maximum atomic E-state index is 12.0. The number of carbonyl (C=O) groups is 1. The molecule has 19 heavy (non-hydrogen) atoms. The number of carbonyl (C=O) groups excluding carboxylic acids is 1. The first-order valence-corrected chi connectivity index (χ1v) is 7.40. The maximum absolute atomic E-state index is 12.0. The van der Waals surface area contributed by atoms with Gasteiger partial charge in [0.15, 0.2) is 0 Å². The summed E-state index contributed by atoms with van der Waals surface area (Å²) in [6.07, 6.45) is 7.52. The Morgan fingerprint density at radius 2 is 2.16 bits per heavy atom. The fraction of sp³-hybridized carbons (Fsp3) is 0.667. The highest BCUT2D eigenvalue weighted by atomic mass is 16.3. The molecule has 2 fully saturated rings. The predicted molar refractivity (Wildman–Crippen MR) is 72.6 cm³/mol. The molecule has 104 valence electrons. The number of hydrogen-bond donors (Lipinski definition) is 1. The molecule has 1 aliphatic carbocycles. The van der Waals surface area contributed by atoms with Gasteiger partial charge in [-0.05, 0) is 50.9 Å². The summed E-state index contributed by atoms with van der Waals surface area (Å²) >= 11 is 0. The van der Waals surface area contributed by atoms with Gasteiger partial charge >= 0.3 is 0 Å². The van der Waals surface area contributed by atoms with Crippen LogP contribution in [0.1, 0.15) is 43.9 Å². The molecule has 1 saturated carbocycles. The summed E-state index contributed by atoms with van der Waals surface area (Å²) in [5.41, 5.74) is 0. The van der Waals surface area contributed by atoms with E-state index in [0.29, 0.717) is 6.54 Å². The summed E-state index contributed by atoms with van der Waals surface area (Å²) in [5.74, 6) is 1.45. The zero-order valence-electron chi connectivity index (χ0n) is 11.3. The van der Waals surface area contributed by atoms with Crippen LogP contribution in [0.5, 0.6) is 0 Å². The molecule has 1 amide bonds. The van der Waals surface area contributed by atoms with Crippen molar-refractivity contribution < 1.29 is 9.21 Å². The van der Waals surface area contributed by atoms with Crippen molar-refractivity contribution in [2.45, 2.75) is 38.1 Å². The number of nitrogens with one attached hydrogen (secondary N) is 1. The lowest BCUT2D eigenvalue weighted by Crippen LogP contribution is -2.40. The molecule has 1 unspecified atom stereocenters. The first kappa shape index (κ1) is 12.7. The van der Waals surface area contributed by atoms with Gasteiger partial charge in [-0.3, -0.25) is 9.69 Å². The fourth-order valence-electron chi connectivity index (χ4n) is 2.96. The molecule has 2 heterocycles. The van der Waals surface area contributed by atoms with Crippen molar-refractivity contribution in [2.24, 2.45) is 5.92 Å². The highest BCUT2D eigenvalue weighted by Gasteiger charge is 2.29. The second-order valence-corrected chi connectivity index (χ2v) is 5.65. The van der Waals surface area contributed by atoms with E-state index >= 15 is 0 Å². The van der Waals surface area contributed by atoms with E-state index in [9.17, 15) is 4.79 Å². The van der Waals surface area contributed by atoms with Crippen LogP contribution in [-0.4, -0.2) is 30.4 Å². The predicted octanol–water partition coefficient (Wildman–Crippen LogP) is 2.33. The Morgan fingerprint density at radius 3 is 2.74 bits per heavy atom. The minimum absolute atomic E-state index is 0.196. The summed E-state index contributed by atoms with van der Waals surface area (Å²) in [6.45, 7) is 2.87. The normalized spacial score (nSPS) is 22.1. The zero-order valence-corrected chi connectivity index (χ0v) is 11.3. The summed E-state index contributed by atoms with van der Waals surface area (Å²) < 4.78 is 5.55. The van der Waals surface area contributed by atoms with E-state index in [1.54, 1.807) is 6.26 Å². The molecule has 0 spiro atoms. The molecule has 1 saturated heterocycles. The minimum Gasteiger partial charge on any atom is -0.468 e. The average molecular weight is 262 g/mol. The van der Waals surface area contributed by atoms with Crippen molar-refractivity contribution >= 4 is 5.91 Å². The number of likely N-dealkylation sites (tertiary alicyclic amines) is 1. The molecular formula is C15H22N2O2. The second kappa shape index (κ2) is 5.78. The molecule has 1 aromatic heterocycles. The highest BCUT2D eigenvalue weighted by molar-refractivity contribution is 5.79. The summed E-state index contributed by atoms with van der Waals surface area (Å²) in [5, 5.41) is 3.11. The Bertz CT molecular complexity index is 406. The van der Waals surface area contributed by atoms with Crippen molar-refractivity contribution in [3.63, 3.8) is 0 Å². The van der Waals surface area contributed by atoms with Gasteiger partial charge in [0.25, 0.3) is 0 Å². The smallest absolute Gasteiger partial charge is 0.223 e. The Hall–Kier alpha value is -1.29. The van der Waals surface area contributed by atoms with Crippen LogP contribution in [-0.2, 0) is 4.79 Å². The Labute approximate surface area is 114 Å². The molecule has 1 N–H and O–H groups in total. The molecule has 3 rings (SSSR count). The Kier molecular flexibility index (Phi) is 3.87. The Balaban J connectivity index is 1.60. The van der Waals surface area contributed by atoms with Gasteiger partial charge in [-0.15, -0.1) is 0 Å². The third-order valence-corrected chi connectivity index (χ3v) is 4.40. The zero-order chi connectivity index (χ0) is 13.1. The van der Waals surface area contributed by atoms with Crippen molar-refractivity contribution in [1.82, 2.24) is 10.2 Å². The van der Waals surface area contributed by atoms with Crippen molar-refractivity contribution in [2.75, 3.05) is 19.6 Å². The molecule has 1 aromatic rings. The molecule has 1 aliphatic heterocycles. The van der Waals surface area contributed by atoms with Gasteiger partial charge in [0.1, 0.15) is 5.76 Å². The fourth-order valence-corrected chi connectivity index (χ4v) is 2.96. The number of hydrogen-bond acceptors (Lipinski definition) is 3. The quantitative estimate of drug-likeness (QED) is 0.886. The molecular weight excluding hydrogens is 240 g/mol. The van der Waals surface area contributed by atoms with Gasteiger partial charge in [-0.25, -0.2) is 0 Å². The highest BCUT2D eigenvalue weighted by Crippen LogP contribution is 2.28. The summed E-state index contributed by atoms with van der Waals surface area (Å²) in [4.78, 5) is 14.4. The van der Waals surface area contributed by atoms with E-state index in [4.69, 9.17) is 4.42 Å². The minimum atomic E-state index is 0.196.